The number of rotatable bonds is 3. The first kappa shape index (κ1) is 11.3. The fourth-order valence-corrected chi connectivity index (χ4v) is 2.23. The number of carbonyl (C=O) groups excluding carboxylic acids is 1. The van der Waals surface area contributed by atoms with Gasteiger partial charge in [0.1, 0.15) is 6.04 Å². The highest BCUT2D eigenvalue weighted by Crippen LogP contribution is 2.47. The van der Waals surface area contributed by atoms with E-state index >= 15 is 0 Å². The number of amides is 1. The minimum atomic E-state index is -1.06. The average molecular weight is 228 g/mol. The molecule has 0 bridgehead atoms. The lowest BCUT2D eigenvalue weighted by molar-refractivity contribution is -0.150. The van der Waals surface area contributed by atoms with Crippen LogP contribution in [-0.2, 0) is 9.59 Å². The number of aliphatic carboxylic acids is 1. The zero-order valence-electron chi connectivity index (χ0n) is 8.93. The van der Waals surface area contributed by atoms with Gasteiger partial charge in [0.2, 0.25) is 5.91 Å². The molecule has 2 unspecified atom stereocenters. The summed E-state index contributed by atoms with van der Waals surface area (Å²) in [5, 5.41) is 18.4. The highest BCUT2D eigenvalue weighted by Gasteiger charge is 2.54. The number of hydrogen-bond donors (Lipinski definition) is 3. The monoisotopic (exact) mass is 228 g/mol. The van der Waals surface area contributed by atoms with Crippen LogP contribution in [0.25, 0.3) is 0 Å². The van der Waals surface area contributed by atoms with Crippen molar-refractivity contribution in [2.24, 2.45) is 11.1 Å². The van der Waals surface area contributed by atoms with Crippen LogP contribution >= 0.6 is 0 Å². The van der Waals surface area contributed by atoms with Gasteiger partial charge in [-0.1, -0.05) is 0 Å². The smallest absolute Gasteiger partial charge is 0.326 e. The van der Waals surface area contributed by atoms with Crippen LogP contribution in [0.5, 0.6) is 0 Å². The van der Waals surface area contributed by atoms with Gasteiger partial charge in [-0.05, 0) is 12.8 Å². The molecular weight excluding hydrogens is 212 g/mol. The summed E-state index contributed by atoms with van der Waals surface area (Å²) in [5.74, 6) is -1.27. The quantitative estimate of drug-likeness (QED) is 0.561. The normalized spacial score (nSPS) is 31.5. The van der Waals surface area contributed by atoms with E-state index in [9.17, 15) is 14.7 Å². The number of carbonyl (C=O) groups is 2. The van der Waals surface area contributed by atoms with E-state index in [4.69, 9.17) is 10.8 Å². The van der Waals surface area contributed by atoms with E-state index in [-0.39, 0.29) is 25.4 Å². The molecule has 1 saturated carbocycles. The molecule has 6 heteroatoms. The van der Waals surface area contributed by atoms with Gasteiger partial charge in [-0.15, -0.1) is 0 Å². The number of carboxylic acids is 1. The fourth-order valence-electron chi connectivity index (χ4n) is 2.23. The number of nitrogens with zero attached hydrogens (tertiary/aromatic N) is 1. The molecule has 0 aromatic heterocycles. The zero-order valence-corrected chi connectivity index (χ0v) is 8.93. The Morgan fingerprint density at radius 3 is 2.50 bits per heavy atom. The second-order valence-electron chi connectivity index (χ2n) is 4.69. The Labute approximate surface area is 93.0 Å². The summed E-state index contributed by atoms with van der Waals surface area (Å²) in [4.78, 5) is 24.3. The van der Waals surface area contributed by atoms with Crippen molar-refractivity contribution < 1.29 is 19.8 Å². The van der Waals surface area contributed by atoms with Crippen LogP contribution in [0.1, 0.15) is 19.3 Å². The topological polar surface area (TPSA) is 104 Å². The van der Waals surface area contributed by atoms with Crippen molar-refractivity contribution in [2.75, 3.05) is 13.1 Å². The van der Waals surface area contributed by atoms with Crippen molar-refractivity contribution in [2.45, 2.75) is 31.4 Å². The Kier molecular flexibility index (Phi) is 2.63. The Bertz CT molecular complexity index is 327. The van der Waals surface area contributed by atoms with Crippen molar-refractivity contribution >= 4 is 11.9 Å². The van der Waals surface area contributed by atoms with Crippen molar-refractivity contribution in [1.29, 1.82) is 0 Å². The van der Waals surface area contributed by atoms with Gasteiger partial charge in [0.05, 0.1) is 11.5 Å². The molecule has 2 atom stereocenters. The Morgan fingerprint density at radius 2 is 2.06 bits per heavy atom. The van der Waals surface area contributed by atoms with Crippen molar-refractivity contribution in [3.8, 4) is 0 Å². The summed E-state index contributed by atoms with van der Waals surface area (Å²) < 4.78 is 0. The second kappa shape index (κ2) is 3.71. The number of hydrogen-bond acceptors (Lipinski definition) is 4. The van der Waals surface area contributed by atoms with Crippen molar-refractivity contribution in [3.05, 3.63) is 0 Å². The summed E-state index contributed by atoms with van der Waals surface area (Å²) in [5.41, 5.74) is 4.99. The molecule has 90 valence electrons. The number of aliphatic hydroxyl groups is 1. The summed E-state index contributed by atoms with van der Waals surface area (Å²) in [7, 11) is 0. The highest BCUT2D eigenvalue weighted by atomic mass is 16.4. The molecule has 16 heavy (non-hydrogen) atoms. The van der Waals surface area contributed by atoms with Crippen LogP contribution in [-0.4, -0.2) is 52.2 Å². The molecule has 2 rings (SSSR count). The third-order valence-corrected chi connectivity index (χ3v) is 3.52. The van der Waals surface area contributed by atoms with E-state index in [1.807, 2.05) is 0 Å². The van der Waals surface area contributed by atoms with E-state index in [0.29, 0.717) is 0 Å². The maximum atomic E-state index is 12.1. The molecule has 0 radical (unpaired) electrons. The van der Waals surface area contributed by atoms with Crippen molar-refractivity contribution in [3.63, 3.8) is 0 Å². The van der Waals surface area contributed by atoms with Gasteiger partial charge in [-0.3, -0.25) is 4.79 Å². The molecule has 0 spiro atoms. The third kappa shape index (κ3) is 1.68. The molecule has 1 amide bonds. The van der Waals surface area contributed by atoms with Crippen LogP contribution in [0.4, 0.5) is 0 Å². The molecule has 6 nitrogen and oxygen atoms in total. The first-order valence-electron chi connectivity index (χ1n) is 5.42. The van der Waals surface area contributed by atoms with Gasteiger partial charge in [0, 0.05) is 19.5 Å². The largest absolute Gasteiger partial charge is 0.480 e. The van der Waals surface area contributed by atoms with Crippen LogP contribution in [0.2, 0.25) is 0 Å². The number of β-amino-alcohol motifs (C(OH)–C–C–N with tert-alkyl or cyclic N) is 1. The molecule has 2 fully saturated rings. The van der Waals surface area contributed by atoms with E-state index in [1.54, 1.807) is 0 Å². The molecule has 0 aromatic carbocycles. The molecular formula is C10H16N2O4. The first-order chi connectivity index (χ1) is 7.50. The molecule has 2 aliphatic rings. The van der Waals surface area contributed by atoms with Crippen molar-refractivity contribution in [1.82, 2.24) is 4.90 Å². The van der Waals surface area contributed by atoms with Gasteiger partial charge >= 0.3 is 5.97 Å². The Morgan fingerprint density at radius 1 is 1.44 bits per heavy atom. The number of aliphatic hydroxyl groups excluding tert-OH is 1. The number of carboxylic acid groups (broad SMARTS) is 1. The van der Waals surface area contributed by atoms with E-state index in [2.05, 4.69) is 0 Å². The molecule has 4 N–H and O–H groups in total. The second-order valence-corrected chi connectivity index (χ2v) is 4.69. The molecule has 0 aromatic rings. The molecule has 1 saturated heterocycles. The lowest BCUT2D eigenvalue weighted by Crippen LogP contribution is -2.46. The standard InChI is InChI=1S/C10H16N2O4/c11-5-10(1-2-10)9(16)12-4-6(13)3-7(12)8(14)15/h6-7,13H,1-5,11H2,(H,14,15). The number of likely N-dealkylation sites (tertiary alicyclic amines) is 1. The van der Waals surface area contributed by atoms with E-state index in [0.717, 1.165) is 12.8 Å². The SMILES string of the molecule is NCC1(C(=O)N2CC(O)CC2C(=O)O)CC1. The minimum Gasteiger partial charge on any atom is -0.480 e. The van der Waals surface area contributed by atoms with E-state index in [1.165, 1.54) is 4.90 Å². The minimum absolute atomic E-state index is 0.109. The lowest BCUT2D eigenvalue weighted by Gasteiger charge is -2.25. The zero-order chi connectivity index (χ0) is 11.9. The molecule has 1 aliphatic carbocycles. The Balaban J connectivity index is 2.13. The fraction of sp³-hybridized carbons (Fsp3) is 0.800. The Hall–Kier alpha value is -1.14. The maximum Gasteiger partial charge on any atom is 0.326 e. The van der Waals surface area contributed by atoms with Crippen LogP contribution in [0.3, 0.4) is 0 Å². The van der Waals surface area contributed by atoms with Crippen LogP contribution < -0.4 is 5.73 Å². The number of nitrogens with two attached hydrogens (primary N) is 1. The van der Waals surface area contributed by atoms with Gasteiger partial charge in [0.25, 0.3) is 0 Å². The van der Waals surface area contributed by atoms with Crippen LogP contribution in [0.15, 0.2) is 0 Å². The summed E-state index contributed by atoms with van der Waals surface area (Å²) in [6, 6.07) is -0.897. The lowest BCUT2D eigenvalue weighted by atomic mass is 10.1. The molecule has 1 aliphatic heterocycles. The van der Waals surface area contributed by atoms with Gasteiger partial charge < -0.3 is 20.8 Å². The predicted octanol–water partition coefficient (Wildman–Crippen LogP) is -1.23. The third-order valence-electron chi connectivity index (χ3n) is 3.52. The summed E-state index contributed by atoms with van der Waals surface area (Å²) in [6.45, 7) is 0.363. The van der Waals surface area contributed by atoms with Gasteiger partial charge in [0.15, 0.2) is 0 Å². The molecule has 1 heterocycles. The van der Waals surface area contributed by atoms with Gasteiger partial charge in [-0.2, -0.15) is 0 Å². The van der Waals surface area contributed by atoms with Crippen LogP contribution in [0, 0.1) is 5.41 Å². The van der Waals surface area contributed by atoms with E-state index < -0.39 is 23.5 Å². The maximum absolute atomic E-state index is 12.1. The summed E-state index contributed by atoms with van der Waals surface area (Å²) >= 11 is 0. The first-order valence-corrected chi connectivity index (χ1v) is 5.42. The highest BCUT2D eigenvalue weighted by molar-refractivity contribution is 5.90. The average Bonchev–Trinajstić information content (AvgIpc) is 2.94. The summed E-state index contributed by atoms with van der Waals surface area (Å²) in [6.07, 6.45) is 0.822. The predicted molar refractivity (Wildman–Crippen MR) is 54.5 cm³/mol. The van der Waals surface area contributed by atoms with Gasteiger partial charge in [-0.25, -0.2) is 4.79 Å².